The van der Waals surface area contributed by atoms with Gasteiger partial charge in [-0.15, -0.1) is 0 Å². The van der Waals surface area contributed by atoms with Crippen molar-refractivity contribution in [2.75, 3.05) is 16.0 Å². The number of anilines is 4. The van der Waals surface area contributed by atoms with Gasteiger partial charge in [-0.1, -0.05) is 6.07 Å². The first kappa shape index (κ1) is 15.0. The van der Waals surface area contributed by atoms with Gasteiger partial charge >= 0.3 is 0 Å². The van der Waals surface area contributed by atoms with Gasteiger partial charge in [-0.25, -0.2) is 4.98 Å². The maximum absolute atomic E-state index is 11.7. The number of hydrogen-bond acceptors (Lipinski definition) is 4. The van der Waals surface area contributed by atoms with Crippen molar-refractivity contribution >= 4 is 34.7 Å². The van der Waals surface area contributed by atoms with Crippen molar-refractivity contribution in [2.24, 2.45) is 5.92 Å². The minimum Gasteiger partial charge on any atom is -0.354 e. The quantitative estimate of drug-likeness (QED) is 0.792. The van der Waals surface area contributed by atoms with Gasteiger partial charge in [-0.3, -0.25) is 9.59 Å². The summed E-state index contributed by atoms with van der Waals surface area (Å²) in [4.78, 5) is 27.0. The Balaban J connectivity index is 1.63. The number of carbonyl (C=O) groups excluding carboxylic acids is 2. The van der Waals surface area contributed by atoms with E-state index in [0.29, 0.717) is 5.82 Å². The number of pyridine rings is 1. The summed E-state index contributed by atoms with van der Waals surface area (Å²) in [5.74, 6) is 0.645. The van der Waals surface area contributed by atoms with Gasteiger partial charge in [0.1, 0.15) is 5.82 Å². The van der Waals surface area contributed by atoms with Crippen LogP contribution in [0.2, 0.25) is 0 Å². The van der Waals surface area contributed by atoms with Crippen molar-refractivity contribution in [3.05, 3.63) is 42.6 Å². The summed E-state index contributed by atoms with van der Waals surface area (Å²) in [7, 11) is 0. The highest BCUT2D eigenvalue weighted by molar-refractivity contribution is 5.93. The molecular formula is C17H18N4O2. The Hall–Kier alpha value is -2.89. The number of nitrogens with one attached hydrogen (secondary N) is 3. The second-order valence-electron chi connectivity index (χ2n) is 5.58. The monoisotopic (exact) mass is 310 g/mol. The van der Waals surface area contributed by atoms with Crippen LogP contribution < -0.4 is 16.0 Å². The van der Waals surface area contributed by atoms with Crippen LogP contribution in [-0.4, -0.2) is 16.8 Å². The Labute approximate surface area is 134 Å². The van der Waals surface area contributed by atoms with Crippen molar-refractivity contribution < 1.29 is 9.59 Å². The Morgan fingerprint density at radius 2 is 1.83 bits per heavy atom. The van der Waals surface area contributed by atoms with Gasteiger partial charge in [-0.2, -0.15) is 0 Å². The van der Waals surface area contributed by atoms with Gasteiger partial charge in [0.25, 0.3) is 0 Å². The van der Waals surface area contributed by atoms with E-state index in [4.69, 9.17) is 0 Å². The number of nitrogens with zero attached hydrogens (tertiary/aromatic N) is 1. The van der Waals surface area contributed by atoms with E-state index in [9.17, 15) is 9.59 Å². The molecule has 1 aromatic carbocycles. The lowest BCUT2D eigenvalue weighted by molar-refractivity contribution is -0.117. The maximum atomic E-state index is 11.7. The maximum Gasteiger partial charge on any atom is 0.228 e. The van der Waals surface area contributed by atoms with E-state index in [1.807, 2.05) is 30.3 Å². The molecule has 1 aliphatic rings. The third-order valence-corrected chi connectivity index (χ3v) is 3.43. The first-order valence-corrected chi connectivity index (χ1v) is 7.52. The lowest BCUT2D eigenvalue weighted by atomic mass is 10.2. The molecule has 0 bridgehead atoms. The molecule has 6 nitrogen and oxygen atoms in total. The van der Waals surface area contributed by atoms with Crippen LogP contribution in [0.4, 0.5) is 22.9 Å². The number of amides is 2. The zero-order chi connectivity index (χ0) is 16.2. The molecule has 0 aliphatic heterocycles. The minimum atomic E-state index is -0.112. The molecule has 2 aromatic rings. The summed E-state index contributed by atoms with van der Waals surface area (Å²) in [6.45, 7) is 1.47. The molecule has 1 aliphatic carbocycles. The predicted octanol–water partition coefficient (Wildman–Crippen LogP) is 3.13. The van der Waals surface area contributed by atoms with Crippen molar-refractivity contribution in [3.8, 4) is 0 Å². The third-order valence-electron chi connectivity index (χ3n) is 3.43. The van der Waals surface area contributed by atoms with Crippen LogP contribution >= 0.6 is 0 Å². The van der Waals surface area contributed by atoms with Gasteiger partial charge in [0, 0.05) is 24.2 Å². The SMILES string of the molecule is CC(=O)Nc1cccc(Nc2ccc(NC(=O)C3CC3)nc2)c1. The topological polar surface area (TPSA) is 83.1 Å². The first-order chi connectivity index (χ1) is 11.1. The second kappa shape index (κ2) is 6.48. The summed E-state index contributed by atoms with van der Waals surface area (Å²) in [6, 6.07) is 11.0. The molecule has 1 fully saturated rings. The van der Waals surface area contributed by atoms with Crippen molar-refractivity contribution in [1.29, 1.82) is 0 Å². The summed E-state index contributed by atoms with van der Waals surface area (Å²) < 4.78 is 0. The summed E-state index contributed by atoms with van der Waals surface area (Å²) >= 11 is 0. The molecule has 0 spiro atoms. The number of benzene rings is 1. The molecule has 1 saturated carbocycles. The molecule has 3 rings (SSSR count). The highest BCUT2D eigenvalue weighted by Gasteiger charge is 2.29. The predicted molar refractivity (Wildman–Crippen MR) is 89.6 cm³/mol. The van der Waals surface area contributed by atoms with E-state index < -0.39 is 0 Å². The van der Waals surface area contributed by atoms with Gasteiger partial charge in [0.15, 0.2) is 0 Å². The largest absolute Gasteiger partial charge is 0.354 e. The smallest absolute Gasteiger partial charge is 0.228 e. The molecule has 0 atom stereocenters. The van der Waals surface area contributed by atoms with Crippen LogP contribution in [0.1, 0.15) is 19.8 Å². The molecule has 3 N–H and O–H groups in total. The van der Waals surface area contributed by atoms with Crippen LogP contribution in [0.5, 0.6) is 0 Å². The molecule has 6 heteroatoms. The fraction of sp³-hybridized carbons (Fsp3) is 0.235. The van der Waals surface area contributed by atoms with E-state index in [-0.39, 0.29) is 17.7 Å². The summed E-state index contributed by atoms with van der Waals surface area (Å²) in [5.41, 5.74) is 2.37. The van der Waals surface area contributed by atoms with Crippen LogP contribution in [0.3, 0.4) is 0 Å². The van der Waals surface area contributed by atoms with E-state index >= 15 is 0 Å². The highest BCUT2D eigenvalue weighted by Crippen LogP contribution is 2.30. The average Bonchev–Trinajstić information content (AvgIpc) is 3.34. The zero-order valence-electron chi connectivity index (χ0n) is 12.8. The van der Waals surface area contributed by atoms with Crippen molar-refractivity contribution in [3.63, 3.8) is 0 Å². The van der Waals surface area contributed by atoms with E-state index in [2.05, 4.69) is 20.9 Å². The van der Waals surface area contributed by atoms with Crippen LogP contribution in [-0.2, 0) is 9.59 Å². The van der Waals surface area contributed by atoms with Crippen LogP contribution in [0.25, 0.3) is 0 Å². The zero-order valence-corrected chi connectivity index (χ0v) is 12.8. The minimum absolute atomic E-state index is 0.0428. The van der Waals surface area contributed by atoms with Gasteiger partial charge < -0.3 is 16.0 Å². The summed E-state index contributed by atoms with van der Waals surface area (Å²) in [5, 5.41) is 8.74. The number of hydrogen-bond donors (Lipinski definition) is 3. The standard InChI is InChI=1S/C17H18N4O2/c1-11(22)19-13-3-2-4-14(9-13)20-15-7-8-16(18-10-15)21-17(23)12-5-6-12/h2-4,7-10,12,20H,5-6H2,1H3,(H,19,22)(H,18,21,23). The van der Waals surface area contributed by atoms with Crippen molar-refractivity contribution in [2.45, 2.75) is 19.8 Å². The van der Waals surface area contributed by atoms with E-state index in [1.165, 1.54) is 6.92 Å². The molecule has 1 heterocycles. The summed E-state index contributed by atoms with van der Waals surface area (Å²) in [6.07, 6.45) is 3.60. The highest BCUT2D eigenvalue weighted by atomic mass is 16.2. The van der Waals surface area contributed by atoms with Gasteiger partial charge in [0.05, 0.1) is 11.9 Å². The van der Waals surface area contributed by atoms with Gasteiger partial charge in [-0.05, 0) is 43.2 Å². The molecule has 23 heavy (non-hydrogen) atoms. The van der Waals surface area contributed by atoms with E-state index in [0.717, 1.165) is 29.9 Å². The molecular weight excluding hydrogens is 292 g/mol. The Kier molecular flexibility index (Phi) is 4.23. The lowest BCUT2D eigenvalue weighted by Gasteiger charge is -2.09. The molecule has 0 radical (unpaired) electrons. The molecule has 0 saturated heterocycles. The number of aromatic nitrogens is 1. The fourth-order valence-electron chi connectivity index (χ4n) is 2.16. The Morgan fingerprint density at radius 1 is 1.04 bits per heavy atom. The number of rotatable bonds is 5. The Morgan fingerprint density at radius 3 is 2.48 bits per heavy atom. The molecule has 0 unspecified atom stereocenters. The van der Waals surface area contributed by atoms with Crippen LogP contribution in [0, 0.1) is 5.92 Å². The molecule has 2 amide bonds. The fourth-order valence-corrected chi connectivity index (χ4v) is 2.16. The molecule has 1 aromatic heterocycles. The number of carbonyl (C=O) groups is 2. The van der Waals surface area contributed by atoms with Crippen LogP contribution in [0.15, 0.2) is 42.6 Å². The first-order valence-electron chi connectivity index (χ1n) is 7.52. The normalized spacial score (nSPS) is 13.3. The van der Waals surface area contributed by atoms with Gasteiger partial charge in [0.2, 0.25) is 11.8 Å². The van der Waals surface area contributed by atoms with Crippen molar-refractivity contribution in [1.82, 2.24) is 4.98 Å². The Bertz CT molecular complexity index is 724. The third kappa shape index (κ3) is 4.29. The lowest BCUT2D eigenvalue weighted by Crippen LogP contribution is -2.14. The second-order valence-corrected chi connectivity index (χ2v) is 5.58. The average molecular weight is 310 g/mol. The van der Waals surface area contributed by atoms with E-state index in [1.54, 1.807) is 12.3 Å². The molecule has 118 valence electrons.